The highest BCUT2D eigenvalue weighted by Gasteiger charge is 2.23. The molecule has 1 nitrogen and oxygen atoms in total. The molecule has 0 aliphatic heterocycles. The van der Waals surface area contributed by atoms with Gasteiger partial charge in [-0.2, -0.15) is 0 Å². The highest BCUT2D eigenvalue weighted by Crippen LogP contribution is 2.39. The third-order valence-corrected chi connectivity index (χ3v) is 5.87. The van der Waals surface area contributed by atoms with Crippen LogP contribution in [0.2, 0.25) is 5.02 Å². The largest absolute Gasteiger partial charge is 0.314 e. The van der Waals surface area contributed by atoms with Crippen molar-refractivity contribution in [3.05, 3.63) is 82.0 Å². The molecule has 0 fully saturated rings. The van der Waals surface area contributed by atoms with E-state index in [4.69, 9.17) is 11.6 Å². The summed E-state index contributed by atoms with van der Waals surface area (Å²) in [6.07, 6.45) is 6.71. The summed E-state index contributed by atoms with van der Waals surface area (Å²) in [5.41, 5.74) is 7.99. The van der Waals surface area contributed by atoms with Crippen molar-refractivity contribution >= 4 is 23.0 Å². The summed E-state index contributed by atoms with van der Waals surface area (Å²) in [5, 5.41) is 0.777. The first-order valence-corrected chi connectivity index (χ1v) is 10.9. The first-order chi connectivity index (χ1) is 13.4. The molecule has 0 unspecified atom stereocenters. The number of halogens is 1. The van der Waals surface area contributed by atoms with E-state index in [1.165, 1.54) is 28.1 Å². The predicted molar refractivity (Wildman–Crippen MR) is 128 cm³/mol. The van der Waals surface area contributed by atoms with Gasteiger partial charge in [0, 0.05) is 22.1 Å². The minimum Gasteiger partial charge on any atom is -0.314 e. The van der Waals surface area contributed by atoms with Crippen LogP contribution in [-0.4, -0.2) is 0 Å². The summed E-state index contributed by atoms with van der Waals surface area (Å²) in [6.45, 7) is 15.7. The molecule has 1 aliphatic rings. The molecular formula is C27H34ClN. The molecule has 154 valence electrons. The van der Waals surface area contributed by atoms with Crippen LogP contribution in [0.5, 0.6) is 0 Å². The summed E-state index contributed by atoms with van der Waals surface area (Å²) >= 11 is 6.43. The van der Waals surface area contributed by atoms with E-state index in [9.17, 15) is 0 Å². The van der Waals surface area contributed by atoms with Gasteiger partial charge in [-0.3, -0.25) is 0 Å². The zero-order chi connectivity index (χ0) is 21.4. The Morgan fingerprint density at radius 3 is 1.90 bits per heavy atom. The van der Waals surface area contributed by atoms with Gasteiger partial charge in [0.15, 0.2) is 0 Å². The molecule has 0 heterocycles. The Morgan fingerprint density at radius 1 is 0.759 bits per heavy atom. The fourth-order valence-corrected chi connectivity index (χ4v) is 4.16. The highest BCUT2D eigenvalue weighted by atomic mass is 35.5. The van der Waals surface area contributed by atoms with Gasteiger partial charge >= 0.3 is 0 Å². The Balaban J connectivity index is 2.08. The lowest BCUT2D eigenvalue weighted by atomic mass is 9.81. The van der Waals surface area contributed by atoms with Crippen LogP contribution < -0.4 is 4.90 Å². The van der Waals surface area contributed by atoms with E-state index in [2.05, 4.69) is 102 Å². The molecule has 0 N–H and O–H groups in total. The standard InChI is InChI=1S/C27H34ClN/c1-19-16-22(28)18-25(17-19)29(23-12-8-20(9-13-23)26(2,3)4)24-14-10-21(11-15-24)27(5,6)7/h8-10,12-14,16-18H,11,15H2,1-7H3. The SMILES string of the molecule is Cc1cc(Cl)cc(N(C2=CC=C(C(C)(C)C)CC2)c2ccc(C(C)(C)C)cc2)c1. The Kier molecular flexibility index (Phi) is 6.01. The van der Waals surface area contributed by atoms with Crippen molar-refractivity contribution < 1.29 is 0 Å². The zero-order valence-electron chi connectivity index (χ0n) is 18.9. The van der Waals surface area contributed by atoms with E-state index >= 15 is 0 Å². The van der Waals surface area contributed by atoms with Crippen LogP contribution in [0.15, 0.2) is 65.9 Å². The van der Waals surface area contributed by atoms with E-state index in [1.54, 1.807) is 0 Å². The van der Waals surface area contributed by atoms with Crippen molar-refractivity contribution in [1.82, 2.24) is 0 Å². The maximum absolute atomic E-state index is 6.43. The first-order valence-electron chi connectivity index (χ1n) is 10.5. The fourth-order valence-electron chi connectivity index (χ4n) is 3.87. The normalized spacial score (nSPS) is 15.0. The summed E-state index contributed by atoms with van der Waals surface area (Å²) in [5.74, 6) is 0. The molecule has 2 aromatic carbocycles. The molecule has 29 heavy (non-hydrogen) atoms. The van der Waals surface area contributed by atoms with Gasteiger partial charge in [0.05, 0.1) is 0 Å². The average Bonchev–Trinajstić information content (AvgIpc) is 2.60. The van der Waals surface area contributed by atoms with Gasteiger partial charge in [0.2, 0.25) is 0 Å². The molecule has 0 saturated heterocycles. The minimum atomic E-state index is 0.143. The molecule has 0 saturated carbocycles. The number of rotatable bonds is 3. The lowest BCUT2D eigenvalue weighted by Gasteiger charge is -2.33. The smallest absolute Gasteiger partial charge is 0.0475 e. The average molecular weight is 408 g/mol. The molecular weight excluding hydrogens is 374 g/mol. The summed E-state index contributed by atoms with van der Waals surface area (Å²) in [6, 6.07) is 15.3. The van der Waals surface area contributed by atoms with Crippen molar-refractivity contribution in [3.8, 4) is 0 Å². The van der Waals surface area contributed by atoms with Crippen LogP contribution in [-0.2, 0) is 5.41 Å². The van der Waals surface area contributed by atoms with E-state index in [0.717, 1.165) is 23.6 Å². The predicted octanol–water partition coefficient (Wildman–Crippen LogP) is 8.73. The second-order valence-electron chi connectivity index (χ2n) is 10.2. The fraction of sp³-hybridized carbons (Fsp3) is 0.407. The Morgan fingerprint density at radius 2 is 1.41 bits per heavy atom. The van der Waals surface area contributed by atoms with Crippen LogP contribution in [0.4, 0.5) is 11.4 Å². The van der Waals surface area contributed by atoms with E-state index < -0.39 is 0 Å². The summed E-state index contributed by atoms with van der Waals surface area (Å²) in [4.78, 5) is 2.36. The van der Waals surface area contributed by atoms with Crippen LogP contribution in [0.1, 0.15) is 65.5 Å². The number of anilines is 2. The zero-order valence-corrected chi connectivity index (χ0v) is 19.7. The maximum atomic E-state index is 6.43. The number of nitrogens with zero attached hydrogens (tertiary/aromatic N) is 1. The number of allylic oxidation sites excluding steroid dienone is 4. The Hall–Kier alpha value is -1.99. The molecule has 0 aromatic heterocycles. The molecule has 0 radical (unpaired) electrons. The molecule has 0 atom stereocenters. The van der Waals surface area contributed by atoms with Gasteiger partial charge in [-0.1, -0.05) is 76.9 Å². The van der Waals surface area contributed by atoms with E-state index in [-0.39, 0.29) is 10.8 Å². The second-order valence-corrected chi connectivity index (χ2v) is 10.7. The third kappa shape index (κ3) is 5.14. The quantitative estimate of drug-likeness (QED) is 0.491. The van der Waals surface area contributed by atoms with Crippen molar-refractivity contribution in [1.29, 1.82) is 0 Å². The highest BCUT2D eigenvalue weighted by molar-refractivity contribution is 6.31. The van der Waals surface area contributed by atoms with Gasteiger partial charge in [0.25, 0.3) is 0 Å². The molecule has 0 amide bonds. The van der Waals surface area contributed by atoms with Crippen molar-refractivity contribution in [2.75, 3.05) is 4.90 Å². The summed E-state index contributed by atoms with van der Waals surface area (Å²) in [7, 11) is 0. The van der Waals surface area contributed by atoms with Gasteiger partial charge in [-0.15, -0.1) is 0 Å². The molecule has 2 heteroatoms. The monoisotopic (exact) mass is 407 g/mol. The summed E-state index contributed by atoms with van der Waals surface area (Å²) < 4.78 is 0. The van der Waals surface area contributed by atoms with Gasteiger partial charge < -0.3 is 4.90 Å². The third-order valence-electron chi connectivity index (χ3n) is 5.65. The molecule has 1 aliphatic carbocycles. The number of hydrogen-bond acceptors (Lipinski definition) is 1. The van der Waals surface area contributed by atoms with Gasteiger partial charge in [-0.25, -0.2) is 0 Å². The number of aryl methyl sites for hydroxylation is 1. The minimum absolute atomic E-state index is 0.143. The number of hydrogen-bond donors (Lipinski definition) is 0. The second kappa shape index (κ2) is 8.03. The van der Waals surface area contributed by atoms with E-state index in [0.29, 0.717) is 0 Å². The number of benzene rings is 2. The maximum Gasteiger partial charge on any atom is 0.0475 e. The van der Waals surface area contributed by atoms with Crippen LogP contribution >= 0.6 is 11.6 Å². The first kappa shape index (κ1) is 21.7. The topological polar surface area (TPSA) is 3.24 Å². The lowest BCUT2D eigenvalue weighted by molar-refractivity contribution is 0.479. The van der Waals surface area contributed by atoms with Crippen molar-refractivity contribution in [2.45, 2.75) is 66.7 Å². The van der Waals surface area contributed by atoms with Crippen LogP contribution in [0.25, 0.3) is 0 Å². The van der Waals surface area contributed by atoms with E-state index in [1.807, 2.05) is 6.07 Å². The van der Waals surface area contributed by atoms with Crippen LogP contribution in [0.3, 0.4) is 0 Å². The Labute approximate surface area is 182 Å². The van der Waals surface area contributed by atoms with Gasteiger partial charge in [-0.05, 0) is 78.1 Å². The lowest BCUT2D eigenvalue weighted by Crippen LogP contribution is -2.20. The molecule has 0 spiro atoms. The van der Waals surface area contributed by atoms with Crippen LogP contribution in [0, 0.1) is 12.3 Å². The Bertz CT molecular complexity index is 914. The van der Waals surface area contributed by atoms with Crippen molar-refractivity contribution in [2.24, 2.45) is 5.41 Å². The molecule has 3 rings (SSSR count). The molecule has 0 bridgehead atoms. The van der Waals surface area contributed by atoms with Crippen molar-refractivity contribution in [3.63, 3.8) is 0 Å². The van der Waals surface area contributed by atoms with Gasteiger partial charge in [0.1, 0.15) is 0 Å². The molecule has 2 aromatic rings.